The van der Waals surface area contributed by atoms with E-state index in [2.05, 4.69) is 10.6 Å². The Balaban J connectivity index is 1.97. The monoisotopic (exact) mass is 304 g/mol. The van der Waals surface area contributed by atoms with Gasteiger partial charge in [0.05, 0.1) is 0 Å². The summed E-state index contributed by atoms with van der Waals surface area (Å²) in [6, 6.07) is 10.6. The summed E-state index contributed by atoms with van der Waals surface area (Å²) in [7, 11) is 0. The van der Waals surface area contributed by atoms with Crippen LogP contribution in [0.5, 0.6) is 0 Å². The fourth-order valence-corrected chi connectivity index (χ4v) is 1.76. The van der Waals surface area contributed by atoms with Gasteiger partial charge in [-0.25, -0.2) is 8.78 Å². The molecule has 6 heteroatoms. The molecule has 0 radical (unpaired) electrons. The molecule has 0 fully saturated rings. The number of amides is 2. The van der Waals surface area contributed by atoms with E-state index >= 15 is 0 Å². The van der Waals surface area contributed by atoms with Crippen molar-refractivity contribution in [2.24, 2.45) is 0 Å². The van der Waals surface area contributed by atoms with Crippen LogP contribution in [-0.2, 0) is 4.79 Å². The average molecular weight is 304 g/mol. The Morgan fingerprint density at radius 3 is 2.32 bits per heavy atom. The standard InChI is InChI=1S/C16H14F2N2O2/c1-10(19-16(22)11-5-3-2-4-6-11)15(21)20-12-7-8-13(17)14(18)9-12/h2-10H,1H3,(H,19,22)(H,20,21). The molecule has 0 aliphatic heterocycles. The molecule has 0 aromatic heterocycles. The second-order valence-electron chi connectivity index (χ2n) is 4.68. The maximum absolute atomic E-state index is 13.1. The van der Waals surface area contributed by atoms with Crippen molar-refractivity contribution in [3.05, 3.63) is 65.7 Å². The van der Waals surface area contributed by atoms with Crippen molar-refractivity contribution in [2.45, 2.75) is 13.0 Å². The smallest absolute Gasteiger partial charge is 0.251 e. The van der Waals surface area contributed by atoms with Gasteiger partial charge in [-0.3, -0.25) is 9.59 Å². The van der Waals surface area contributed by atoms with E-state index in [-0.39, 0.29) is 5.69 Å². The van der Waals surface area contributed by atoms with E-state index in [4.69, 9.17) is 0 Å². The molecule has 2 aromatic carbocycles. The molecule has 0 aliphatic rings. The maximum Gasteiger partial charge on any atom is 0.251 e. The molecule has 2 aromatic rings. The number of hydrogen-bond donors (Lipinski definition) is 2. The van der Waals surface area contributed by atoms with Crippen LogP contribution in [0.2, 0.25) is 0 Å². The number of rotatable bonds is 4. The first-order valence-corrected chi connectivity index (χ1v) is 6.59. The van der Waals surface area contributed by atoms with Gasteiger partial charge in [-0.05, 0) is 31.2 Å². The van der Waals surface area contributed by atoms with Gasteiger partial charge in [0, 0.05) is 17.3 Å². The number of benzene rings is 2. The Bertz CT molecular complexity index is 690. The van der Waals surface area contributed by atoms with Crippen molar-refractivity contribution >= 4 is 17.5 Å². The summed E-state index contributed by atoms with van der Waals surface area (Å²) in [5, 5.41) is 4.93. The van der Waals surface area contributed by atoms with Crippen molar-refractivity contribution in [2.75, 3.05) is 5.32 Å². The SMILES string of the molecule is CC(NC(=O)c1ccccc1)C(=O)Nc1ccc(F)c(F)c1. The summed E-state index contributed by atoms with van der Waals surface area (Å²) in [4.78, 5) is 23.8. The second-order valence-corrected chi connectivity index (χ2v) is 4.68. The second kappa shape index (κ2) is 6.80. The largest absolute Gasteiger partial charge is 0.341 e. The highest BCUT2D eigenvalue weighted by Gasteiger charge is 2.17. The van der Waals surface area contributed by atoms with E-state index in [1.165, 1.54) is 13.0 Å². The van der Waals surface area contributed by atoms with Crippen LogP contribution in [0.4, 0.5) is 14.5 Å². The van der Waals surface area contributed by atoms with Gasteiger partial charge < -0.3 is 10.6 Å². The highest BCUT2D eigenvalue weighted by Crippen LogP contribution is 2.13. The van der Waals surface area contributed by atoms with Crippen molar-refractivity contribution in [1.82, 2.24) is 5.32 Å². The van der Waals surface area contributed by atoms with Gasteiger partial charge in [0.15, 0.2) is 11.6 Å². The zero-order chi connectivity index (χ0) is 16.1. The van der Waals surface area contributed by atoms with Gasteiger partial charge in [-0.15, -0.1) is 0 Å². The highest BCUT2D eigenvalue weighted by atomic mass is 19.2. The average Bonchev–Trinajstić information content (AvgIpc) is 2.51. The maximum atomic E-state index is 13.1. The van der Waals surface area contributed by atoms with Crippen molar-refractivity contribution < 1.29 is 18.4 Å². The molecule has 4 nitrogen and oxygen atoms in total. The van der Waals surface area contributed by atoms with Crippen LogP contribution in [0.1, 0.15) is 17.3 Å². The first-order valence-electron chi connectivity index (χ1n) is 6.59. The summed E-state index contributed by atoms with van der Waals surface area (Å²) in [5.41, 5.74) is 0.541. The molecule has 2 N–H and O–H groups in total. The molecule has 2 amide bonds. The van der Waals surface area contributed by atoms with Gasteiger partial charge in [-0.1, -0.05) is 18.2 Å². The molecular formula is C16H14F2N2O2. The van der Waals surface area contributed by atoms with Crippen molar-refractivity contribution in [3.63, 3.8) is 0 Å². The van der Waals surface area contributed by atoms with Gasteiger partial charge in [0.1, 0.15) is 6.04 Å². The molecule has 22 heavy (non-hydrogen) atoms. The quantitative estimate of drug-likeness (QED) is 0.912. The summed E-state index contributed by atoms with van der Waals surface area (Å²) < 4.78 is 25.9. The van der Waals surface area contributed by atoms with Crippen LogP contribution in [0.25, 0.3) is 0 Å². The van der Waals surface area contributed by atoms with E-state index in [1.54, 1.807) is 30.3 Å². The summed E-state index contributed by atoms with van der Waals surface area (Å²) >= 11 is 0. The number of halogens is 2. The van der Waals surface area contributed by atoms with Gasteiger partial charge in [0.25, 0.3) is 5.91 Å². The molecule has 0 saturated carbocycles. The van der Waals surface area contributed by atoms with Gasteiger partial charge in [-0.2, -0.15) is 0 Å². The van der Waals surface area contributed by atoms with Crippen LogP contribution in [0, 0.1) is 11.6 Å². The first kappa shape index (κ1) is 15.6. The van der Waals surface area contributed by atoms with E-state index in [0.29, 0.717) is 5.56 Å². The number of carbonyl (C=O) groups is 2. The minimum atomic E-state index is -1.06. The summed E-state index contributed by atoms with van der Waals surface area (Å²) in [5.74, 6) is -2.98. The van der Waals surface area contributed by atoms with Crippen LogP contribution < -0.4 is 10.6 Å². The molecule has 0 spiro atoms. The van der Waals surface area contributed by atoms with Gasteiger partial charge in [0.2, 0.25) is 5.91 Å². The Hall–Kier alpha value is -2.76. The van der Waals surface area contributed by atoms with Crippen molar-refractivity contribution in [1.29, 1.82) is 0 Å². The number of hydrogen-bond acceptors (Lipinski definition) is 2. The molecule has 0 bridgehead atoms. The molecule has 0 saturated heterocycles. The zero-order valence-corrected chi connectivity index (χ0v) is 11.8. The van der Waals surface area contributed by atoms with Crippen LogP contribution in [0.3, 0.4) is 0 Å². The molecule has 0 heterocycles. The topological polar surface area (TPSA) is 58.2 Å². The normalized spacial score (nSPS) is 11.6. The molecular weight excluding hydrogens is 290 g/mol. The van der Waals surface area contributed by atoms with Crippen molar-refractivity contribution in [3.8, 4) is 0 Å². The fraction of sp³-hybridized carbons (Fsp3) is 0.125. The predicted molar refractivity (Wildman–Crippen MR) is 78.4 cm³/mol. The molecule has 1 atom stereocenters. The Kier molecular flexibility index (Phi) is 4.83. The highest BCUT2D eigenvalue weighted by molar-refractivity contribution is 6.00. The molecule has 2 rings (SSSR count). The van der Waals surface area contributed by atoms with Gasteiger partial charge >= 0.3 is 0 Å². The van der Waals surface area contributed by atoms with Crippen LogP contribution in [0.15, 0.2) is 48.5 Å². The number of nitrogens with one attached hydrogen (secondary N) is 2. The van der Waals surface area contributed by atoms with E-state index in [9.17, 15) is 18.4 Å². The lowest BCUT2D eigenvalue weighted by Gasteiger charge is -2.14. The van der Waals surface area contributed by atoms with Crippen LogP contribution in [-0.4, -0.2) is 17.9 Å². The summed E-state index contributed by atoms with van der Waals surface area (Å²) in [6.07, 6.45) is 0. The first-order chi connectivity index (χ1) is 10.5. The summed E-state index contributed by atoms with van der Waals surface area (Å²) in [6.45, 7) is 1.50. The Labute approximate surface area is 126 Å². The lowest BCUT2D eigenvalue weighted by molar-refractivity contribution is -0.117. The van der Waals surface area contributed by atoms with Crippen LogP contribution >= 0.6 is 0 Å². The molecule has 114 valence electrons. The van der Waals surface area contributed by atoms with E-state index < -0.39 is 29.5 Å². The lowest BCUT2D eigenvalue weighted by Crippen LogP contribution is -2.41. The molecule has 1 unspecified atom stereocenters. The van der Waals surface area contributed by atoms with E-state index in [1.807, 2.05) is 0 Å². The number of carbonyl (C=O) groups excluding carboxylic acids is 2. The lowest BCUT2D eigenvalue weighted by atomic mass is 10.2. The zero-order valence-electron chi connectivity index (χ0n) is 11.8. The Morgan fingerprint density at radius 2 is 1.68 bits per heavy atom. The third-order valence-corrected chi connectivity index (χ3v) is 2.96. The minimum absolute atomic E-state index is 0.115. The fourth-order valence-electron chi connectivity index (χ4n) is 1.76. The molecule has 0 aliphatic carbocycles. The minimum Gasteiger partial charge on any atom is -0.341 e. The van der Waals surface area contributed by atoms with E-state index in [0.717, 1.165) is 12.1 Å². The Morgan fingerprint density at radius 1 is 1.00 bits per heavy atom. The third kappa shape index (κ3) is 3.88. The third-order valence-electron chi connectivity index (χ3n) is 2.96. The number of anilines is 1. The predicted octanol–water partition coefficient (Wildman–Crippen LogP) is 2.72.